The molecule has 0 bridgehead atoms. The third-order valence-electron chi connectivity index (χ3n) is 5.23. The summed E-state index contributed by atoms with van der Waals surface area (Å²) in [6.07, 6.45) is -0.778. The van der Waals surface area contributed by atoms with Gasteiger partial charge in [0, 0.05) is 12.4 Å². The van der Waals surface area contributed by atoms with Crippen molar-refractivity contribution in [1.29, 1.82) is 0 Å². The van der Waals surface area contributed by atoms with Crippen LogP contribution in [0.15, 0.2) is 77.6 Å². The van der Waals surface area contributed by atoms with Crippen LogP contribution in [-0.4, -0.2) is 21.4 Å². The summed E-state index contributed by atoms with van der Waals surface area (Å²) in [4.78, 5) is 25.8. The minimum absolute atomic E-state index is 0.250. The van der Waals surface area contributed by atoms with Gasteiger partial charge in [0.15, 0.2) is 6.10 Å². The summed E-state index contributed by atoms with van der Waals surface area (Å²) in [7, 11) is 1.79. The fraction of sp³-hybridized carbons (Fsp3) is 0.167. The number of anilines is 1. The van der Waals surface area contributed by atoms with Crippen LogP contribution in [0.5, 0.6) is 5.75 Å². The zero-order valence-electron chi connectivity index (χ0n) is 17.1. The van der Waals surface area contributed by atoms with Crippen molar-refractivity contribution in [2.24, 2.45) is 7.05 Å². The van der Waals surface area contributed by atoms with Crippen LogP contribution in [0.3, 0.4) is 0 Å². The third kappa shape index (κ3) is 3.48. The highest BCUT2D eigenvalue weighted by molar-refractivity contribution is 5.95. The Bertz CT molecular complexity index is 1270. The van der Waals surface area contributed by atoms with Gasteiger partial charge in [-0.1, -0.05) is 54.6 Å². The van der Waals surface area contributed by atoms with E-state index in [4.69, 9.17) is 4.74 Å². The molecule has 0 saturated carbocycles. The number of para-hydroxylation sites is 1. The van der Waals surface area contributed by atoms with E-state index in [-0.39, 0.29) is 17.2 Å². The molecule has 1 atom stereocenters. The largest absolute Gasteiger partial charge is 0.480 e. The van der Waals surface area contributed by atoms with Crippen molar-refractivity contribution in [3.8, 4) is 11.4 Å². The molecule has 0 saturated heterocycles. The van der Waals surface area contributed by atoms with Crippen LogP contribution in [0.4, 0.5) is 5.69 Å². The molecule has 30 heavy (non-hydrogen) atoms. The Kier molecular flexibility index (Phi) is 5.14. The number of ether oxygens (including phenoxy) is 1. The molecule has 1 heterocycles. The lowest BCUT2D eigenvalue weighted by molar-refractivity contribution is -0.122. The minimum Gasteiger partial charge on any atom is -0.480 e. The van der Waals surface area contributed by atoms with Crippen molar-refractivity contribution in [3.63, 3.8) is 0 Å². The Morgan fingerprint density at radius 1 is 0.967 bits per heavy atom. The molecule has 3 aromatic carbocycles. The lowest BCUT2D eigenvalue weighted by Gasteiger charge is -2.16. The number of hydrogen-bond acceptors (Lipinski definition) is 3. The van der Waals surface area contributed by atoms with E-state index < -0.39 is 6.10 Å². The zero-order chi connectivity index (χ0) is 21.3. The number of rotatable bonds is 5. The molecule has 0 fully saturated rings. The smallest absolute Gasteiger partial charge is 0.295 e. The maximum atomic E-state index is 13.0. The van der Waals surface area contributed by atoms with Crippen LogP contribution in [-0.2, 0) is 11.8 Å². The van der Waals surface area contributed by atoms with Crippen molar-refractivity contribution >= 4 is 22.4 Å². The van der Waals surface area contributed by atoms with E-state index in [1.165, 1.54) is 4.68 Å². The summed E-state index contributed by atoms with van der Waals surface area (Å²) in [6, 6.07) is 22.9. The maximum absolute atomic E-state index is 13.0. The standard InChI is InChI=1S/C24H23N3O3/c1-16-22(24(29)27(26(16)3)19-12-5-4-6-13-19)25-23(28)17(2)30-21-15-9-11-18-10-7-8-14-20(18)21/h4-15,17H,1-3H3,(H,25,28)/t17-/m0/s1. The quantitative estimate of drug-likeness (QED) is 0.549. The highest BCUT2D eigenvalue weighted by Gasteiger charge is 2.22. The van der Waals surface area contributed by atoms with Crippen LogP contribution in [0.25, 0.3) is 16.5 Å². The molecule has 0 spiro atoms. The summed E-state index contributed by atoms with van der Waals surface area (Å²) in [5.74, 6) is 0.246. The fourth-order valence-electron chi connectivity index (χ4n) is 3.48. The number of hydrogen-bond donors (Lipinski definition) is 1. The van der Waals surface area contributed by atoms with Gasteiger partial charge in [-0.25, -0.2) is 4.68 Å². The minimum atomic E-state index is -0.778. The Labute approximate surface area is 174 Å². The van der Waals surface area contributed by atoms with E-state index in [1.807, 2.05) is 72.8 Å². The summed E-state index contributed by atoms with van der Waals surface area (Å²) >= 11 is 0. The second-order valence-corrected chi connectivity index (χ2v) is 7.16. The van der Waals surface area contributed by atoms with Crippen molar-refractivity contribution < 1.29 is 9.53 Å². The molecule has 0 aliphatic heterocycles. The zero-order valence-corrected chi connectivity index (χ0v) is 17.1. The fourth-order valence-corrected chi connectivity index (χ4v) is 3.48. The van der Waals surface area contributed by atoms with Crippen molar-refractivity contribution in [1.82, 2.24) is 9.36 Å². The van der Waals surface area contributed by atoms with Crippen LogP contribution in [0.1, 0.15) is 12.6 Å². The number of nitrogens with zero attached hydrogens (tertiary/aromatic N) is 2. The number of carbonyl (C=O) groups is 1. The number of fused-ring (bicyclic) bond motifs is 1. The van der Waals surface area contributed by atoms with E-state index >= 15 is 0 Å². The molecule has 1 amide bonds. The molecule has 1 N–H and O–H groups in total. The normalized spacial score (nSPS) is 12.0. The molecule has 6 nitrogen and oxygen atoms in total. The first kappa shape index (κ1) is 19.5. The number of aromatic nitrogens is 2. The molecule has 0 radical (unpaired) electrons. The van der Waals surface area contributed by atoms with E-state index in [0.717, 1.165) is 16.5 Å². The molecule has 6 heteroatoms. The molecule has 1 aromatic heterocycles. The second-order valence-electron chi connectivity index (χ2n) is 7.16. The van der Waals surface area contributed by atoms with Gasteiger partial charge in [0.05, 0.1) is 11.4 Å². The number of benzene rings is 3. The average molecular weight is 401 g/mol. The Balaban J connectivity index is 1.59. The third-order valence-corrected chi connectivity index (χ3v) is 5.23. The Morgan fingerprint density at radius 2 is 1.63 bits per heavy atom. The topological polar surface area (TPSA) is 65.3 Å². The van der Waals surface area contributed by atoms with E-state index in [1.54, 1.807) is 25.6 Å². The highest BCUT2D eigenvalue weighted by Crippen LogP contribution is 2.26. The lowest BCUT2D eigenvalue weighted by Crippen LogP contribution is -2.32. The van der Waals surface area contributed by atoms with Gasteiger partial charge in [-0.15, -0.1) is 0 Å². The van der Waals surface area contributed by atoms with Crippen molar-refractivity contribution in [2.75, 3.05) is 5.32 Å². The molecule has 0 aliphatic rings. The number of amides is 1. The Hall–Kier alpha value is -3.80. The first-order valence-corrected chi connectivity index (χ1v) is 9.76. The summed E-state index contributed by atoms with van der Waals surface area (Å²) in [5.41, 5.74) is 1.36. The molecule has 0 unspecified atom stereocenters. The van der Waals surface area contributed by atoms with Crippen LogP contribution < -0.4 is 15.6 Å². The predicted octanol–water partition coefficient (Wildman–Crippen LogP) is 4.04. The van der Waals surface area contributed by atoms with E-state index in [9.17, 15) is 9.59 Å². The number of nitrogens with one attached hydrogen (secondary N) is 1. The molecule has 4 aromatic rings. The van der Waals surface area contributed by atoms with Crippen molar-refractivity contribution in [2.45, 2.75) is 20.0 Å². The van der Waals surface area contributed by atoms with E-state index in [2.05, 4.69) is 5.32 Å². The van der Waals surface area contributed by atoms with Gasteiger partial charge in [-0.3, -0.25) is 14.3 Å². The summed E-state index contributed by atoms with van der Waals surface area (Å²) in [5, 5.41) is 4.73. The van der Waals surface area contributed by atoms with Crippen LogP contribution in [0, 0.1) is 6.92 Å². The van der Waals surface area contributed by atoms with Crippen LogP contribution in [0.2, 0.25) is 0 Å². The summed E-state index contributed by atoms with van der Waals surface area (Å²) in [6.45, 7) is 3.47. The van der Waals surface area contributed by atoms with Gasteiger partial charge in [0.1, 0.15) is 11.4 Å². The van der Waals surface area contributed by atoms with Gasteiger partial charge in [-0.2, -0.15) is 0 Å². The average Bonchev–Trinajstić information content (AvgIpc) is 2.97. The Morgan fingerprint density at radius 3 is 2.40 bits per heavy atom. The second kappa shape index (κ2) is 7.91. The first-order chi connectivity index (χ1) is 14.5. The first-order valence-electron chi connectivity index (χ1n) is 9.76. The van der Waals surface area contributed by atoms with E-state index in [0.29, 0.717) is 11.4 Å². The molecular weight excluding hydrogens is 378 g/mol. The molecule has 4 rings (SSSR count). The maximum Gasteiger partial charge on any atom is 0.295 e. The van der Waals surface area contributed by atoms with Gasteiger partial charge in [0.25, 0.3) is 11.5 Å². The van der Waals surface area contributed by atoms with Gasteiger partial charge in [0.2, 0.25) is 0 Å². The predicted molar refractivity (Wildman–Crippen MR) is 118 cm³/mol. The monoisotopic (exact) mass is 401 g/mol. The molecular formula is C24H23N3O3. The summed E-state index contributed by atoms with van der Waals surface area (Å²) < 4.78 is 9.19. The SMILES string of the molecule is Cc1c(NC(=O)[C@H](C)Oc2cccc3ccccc23)c(=O)n(-c2ccccc2)n1C. The van der Waals surface area contributed by atoms with Gasteiger partial charge >= 0.3 is 0 Å². The molecule has 152 valence electrons. The van der Waals surface area contributed by atoms with Gasteiger partial charge in [-0.05, 0) is 37.4 Å². The lowest BCUT2D eigenvalue weighted by atomic mass is 10.1. The highest BCUT2D eigenvalue weighted by atomic mass is 16.5. The van der Waals surface area contributed by atoms with Gasteiger partial charge < -0.3 is 10.1 Å². The van der Waals surface area contributed by atoms with Crippen molar-refractivity contribution in [3.05, 3.63) is 88.8 Å². The molecule has 0 aliphatic carbocycles. The van der Waals surface area contributed by atoms with Crippen LogP contribution >= 0.6 is 0 Å². The number of carbonyl (C=O) groups excluding carboxylic acids is 1.